The second-order valence-corrected chi connectivity index (χ2v) is 6.66. The normalized spacial score (nSPS) is 22.6. The van der Waals surface area contributed by atoms with Gasteiger partial charge in [0.15, 0.2) is 0 Å². The molecule has 21 heavy (non-hydrogen) atoms. The van der Waals surface area contributed by atoms with Crippen molar-refractivity contribution in [3.63, 3.8) is 0 Å². The molecule has 3 heteroatoms. The molecule has 0 bridgehead atoms. The predicted molar refractivity (Wildman–Crippen MR) is 95.6 cm³/mol. The Labute approximate surface area is 140 Å². The molecule has 1 saturated heterocycles. The molecule has 1 N–H and O–H groups in total. The summed E-state index contributed by atoms with van der Waals surface area (Å²) in [6.45, 7) is 9.68. The second kappa shape index (κ2) is 9.71. The molecule has 1 aliphatic heterocycles. The van der Waals surface area contributed by atoms with Crippen LogP contribution >= 0.6 is 23.2 Å². The van der Waals surface area contributed by atoms with Crippen LogP contribution < -0.4 is 5.32 Å². The molecule has 120 valence electrons. The lowest BCUT2D eigenvalue weighted by Crippen LogP contribution is -2.23. The topological polar surface area (TPSA) is 12.0 Å². The maximum absolute atomic E-state index is 6.10. The summed E-state index contributed by atoms with van der Waals surface area (Å²) in [6, 6.07) is 6.69. The van der Waals surface area contributed by atoms with Gasteiger partial charge in [-0.15, -0.1) is 0 Å². The maximum atomic E-state index is 6.10. The van der Waals surface area contributed by atoms with Crippen LogP contribution in [-0.2, 0) is 0 Å². The molecule has 0 aliphatic carbocycles. The molecule has 1 heterocycles. The molecule has 1 nitrogen and oxygen atoms in total. The lowest BCUT2D eigenvalue weighted by atomic mass is 9.91. The molecule has 1 aromatic carbocycles. The fourth-order valence-corrected chi connectivity index (χ4v) is 3.42. The average molecular weight is 330 g/mol. The third-order valence-corrected chi connectivity index (χ3v) is 4.84. The molecule has 0 amide bonds. The van der Waals surface area contributed by atoms with Gasteiger partial charge >= 0.3 is 0 Å². The van der Waals surface area contributed by atoms with E-state index in [1.807, 2.05) is 26.0 Å². The zero-order valence-corrected chi connectivity index (χ0v) is 15.3. The predicted octanol–water partition coefficient (Wildman–Crippen LogP) is 6.29. The number of hydrogen-bond donors (Lipinski definition) is 1. The number of hydrogen-bond acceptors (Lipinski definition) is 1. The minimum atomic E-state index is 0.577. The summed E-state index contributed by atoms with van der Waals surface area (Å²) in [4.78, 5) is 0. The van der Waals surface area contributed by atoms with Gasteiger partial charge in [-0.05, 0) is 42.4 Å². The smallest absolute Gasteiger partial charge is 0.0595 e. The molecular formula is C18H29Cl2N. The Morgan fingerprint density at radius 3 is 2.57 bits per heavy atom. The van der Waals surface area contributed by atoms with Crippen molar-refractivity contribution in [1.29, 1.82) is 0 Å². The van der Waals surface area contributed by atoms with Gasteiger partial charge in [0, 0.05) is 12.6 Å². The molecule has 0 radical (unpaired) electrons. The fraction of sp³-hybridized carbons (Fsp3) is 0.667. The number of halogens is 2. The quantitative estimate of drug-likeness (QED) is 0.669. The van der Waals surface area contributed by atoms with Crippen LogP contribution in [0, 0.1) is 5.92 Å². The molecule has 2 rings (SSSR count). The van der Waals surface area contributed by atoms with E-state index < -0.39 is 0 Å². The van der Waals surface area contributed by atoms with Crippen LogP contribution in [0.25, 0.3) is 0 Å². The summed E-state index contributed by atoms with van der Waals surface area (Å²) in [6.07, 6.45) is 5.11. The van der Waals surface area contributed by atoms with Gasteiger partial charge in [0.2, 0.25) is 0 Å². The molecule has 0 aromatic heterocycles. The van der Waals surface area contributed by atoms with E-state index >= 15 is 0 Å². The zero-order chi connectivity index (χ0) is 15.8. The van der Waals surface area contributed by atoms with E-state index in [1.54, 1.807) is 0 Å². The number of benzene rings is 1. The van der Waals surface area contributed by atoms with Crippen molar-refractivity contribution < 1.29 is 0 Å². The van der Waals surface area contributed by atoms with Crippen LogP contribution in [0.2, 0.25) is 10.0 Å². The first-order valence-electron chi connectivity index (χ1n) is 8.28. The third kappa shape index (κ3) is 5.81. The van der Waals surface area contributed by atoms with Gasteiger partial charge in [0.1, 0.15) is 0 Å². The van der Waals surface area contributed by atoms with Crippen molar-refractivity contribution in [3.05, 3.63) is 33.8 Å². The summed E-state index contributed by atoms with van der Waals surface area (Å²) in [5.41, 5.74) is 1.31. The molecule has 1 aromatic rings. The van der Waals surface area contributed by atoms with Crippen LogP contribution in [0.5, 0.6) is 0 Å². The summed E-state index contributed by atoms with van der Waals surface area (Å²) in [7, 11) is 0. The zero-order valence-electron chi connectivity index (χ0n) is 13.8. The van der Waals surface area contributed by atoms with E-state index in [2.05, 4.69) is 25.2 Å². The Bertz CT molecular complexity index is 420. The standard InChI is InChI=1S/C16H23Cl2N.C2H6/c1-3-4-11(2)7-14-8-13(10-19-14)12-5-6-15(17)16(18)9-12;1-2/h5-6,9,11,13-14,19H,3-4,7-8,10H2,1-2H3;1-2H3. The molecule has 0 spiro atoms. The van der Waals surface area contributed by atoms with Crippen molar-refractivity contribution in [3.8, 4) is 0 Å². The van der Waals surface area contributed by atoms with Gasteiger partial charge in [0.25, 0.3) is 0 Å². The van der Waals surface area contributed by atoms with Gasteiger partial charge < -0.3 is 5.32 Å². The van der Waals surface area contributed by atoms with E-state index in [-0.39, 0.29) is 0 Å². The average Bonchev–Trinajstić information content (AvgIpc) is 2.93. The summed E-state index contributed by atoms with van der Waals surface area (Å²) in [5.74, 6) is 1.39. The lowest BCUT2D eigenvalue weighted by molar-refractivity contribution is 0.411. The third-order valence-electron chi connectivity index (χ3n) is 4.11. The highest BCUT2D eigenvalue weighted by molar-refractivity contribution is 6.42. The Kier molecular flexibility index (Phi) is 8.70. The van der Waals surface area contributed by atoms with Crippen molar-refractivity contribution >= 4 is 23.2 Å². The highest BCUT2D eigenvalue weighted by atomic mass is 35.5. The summed E-state index contributed by atoms with van der Waals surface area (Å²) >= 11 is 12.1. The molecule has 3 unspecified atom stereocenters. The van der Waals surface area contributed by atoms with E-state index in [0.29, 0.717) is 22.0 Å². The van der Waals surface area contributed by atoms with Crippen molar-refractivity contribution in [2.75, 3.05) is 6.54 Å². The minimum absolute atomic E-state index is 0.577. The van der Waals surface area contributed by atoms with Gasteiger partial charge in [0.05, 0.1) is 10.0 Å². The molecule has 1 fully saturated rings. The van der Waals surface area contributed by atoms with Crippen molar-refractivity contribution in [1.82, 2.24) is 5.32 Å². The van der Waals surface area contributed by atoms with E-state index in [0.717, 1.165) is 12.5 Å². The SMILES string of the molecule is CC.CCCC(C)CC1CC(c2ccc(Cl)c(Cl)c2)CN1. The number of rotatable bonds is 5. The van der Waals surface area contributed by atoms with Crippen LogP contribution in [0.4, 0.5) is 0 Å². The highest BCUT2D eigenvalue weighted by Crippen LogP contribution is 2.32. The molecule has 3 atom stereocenters. The monoisotopic (exact) mass is 329 g/mol. The Morgan fingerprint density at radius 1 is 1.24 bits per heavy atom. The van der Waals surface area contributed by atoms with Crippen molar-refractivity contribution in [2.45, 2.75) is 65.3 Å². The largest absolute Gasteiger partial charge is 0.313 e. The van der Waals surface area contributed by atoms with E-state index in [1.165, 1.54) is 31.2 Å². The molecular weight excluding hydrogens is 301 g/mol. The van der Waals surface area contributed by atoms with Crippen LogP contribution in [0.3, 0.4) is 0 Å². The summed E-state index contributed by atoms with van der Waals surface area (Å²) in [5, 5.41) is 4.96. The van der Waals surface area contributed by atoms with Gasteiger partial charge in [-0.2, -0.15) is 0 Å². The van der Waals surface area contributed by atoms with Gasteiger partial charge in [-0.25, -0.2) is 0 Å². The minimum Gasteiger partial charge on any atom is -0.313 e. The first kappa shape index (κ1) is 18.8. The maximum Gasteiger partial charge on any atom is 0.0595 e. The van der Waals surface area contributed by atoms with Crippen molar-refractivity contribution in [2.24, 2.45) is 5.92 Å². The number of nitrogens with one attached hydrogen (secondary N) is 1. The Balaban J connectivity index is 0.00000106. The fourth-order valence-electron chi connectivity index (χ4n) is 3.12. The van der Waals surface area contributed by atoms with Crippen LogP contribution in [-0.4, -0.2) is 12.6 Å². The molecule has 0 saturated carbocycles. The first-order chi connectivity index (χ1) is 10.1. The Hall–Kier alpha value is -0.240. The molecule has 1 aliphatic rings. The van der Waals surface area contributed by atoms with E-state index in [4.69, 9.17) is 23.2 Å². The van der Waals surface area contributed by atoms with Gasteiger partial charge in [-0.3, -0.25) is 0 Å². The highest BCUT2D eigenvalue weighted by Gasteiger charge is 2.26. The lowest BCUT2D eigenvalue weighted by Gasteiger charge is -2.16. The summed E-state index contributed by atoms with van der Waals surface area (Å²) < 4.78 is 0. The van der Waals surface area contributed by atoms with Crippen LogP contribution in [0.1, 0.15) is 64.9 Å². The van der Waals surface area contributed by atoms with Gasteiger partial charge in [-0.1, -0.05) is 69.8 Å². The first-order valence-corrected chi connectivity index (χ1v) is 9.04. The second-order valence-electron chi connectivity index (χ2n) is 5.84. The Morgan fingerprint density at radius 2 is 1.95 bits per heavy atom. The van der Waals surface area contributed by atoms with Crippen LogP contribution in [0.15, 0.2) is 18.2 Å². The van der Waals surface area contributed by atoms with E-state index in [9.17, 15) is 0 Å².